The second-order valence-corrected chi connectivity index (χ2v) is 7.33. The summed E-state index contributed by atoms with van der Waals surface area (Å²) in [7, 11) is 0. The van der Waals surface area contributed by atoms with Gasteiger partial charge >= 0.3 is 5.97 Å². The second kappa shape index (κ2) is 7.93. The van der Waals surface area contributed by atoms with Gasteiger partial charge in [-0.15, -0.1) is 12.4 Å². The molecule has 2 aliphatic rings. The maximum absolute atomic E-state index is 11.0. The molecule has 0 amide bonds. The predicted molar refractivity (Wildman–Crippen MR) is 109 cm³/mol. The summed E-state index contributed by atoms with van der Waals surface area (Å²) in [6.45, 7) is 1.50. The fraction of sp³-hybridized carbons (Fsp3) is 0.286. The van der Waals surface area contributed by atoms with Gasteiger partial charge in [0.15, 0.2) is 0 Å². The molecular weight excluding hydrogens is 385 g/mol. The number of halogens is 2. The minimum absolute atomic E-state index is 0. The fourth-order valence-corrected chi connectivity index (χ4v) is 3.89. The lowest BCUT2D eigenvalue weighted by Crippen LogP contribution is -2.49. The molecule has 0 aliphatic carbocycles. The van der Waals surface area contributed by atoms with Crippen LogP contribution in [0.1, 0.15) is 24.0 Å². The largest absolute Gasteiger partial charge is 0.482 e. The minimum atomic E-state index is -0.784. The molecule has 1 spiro atoms. The van der Waals surface area contributed by atoms with E-state index in [1.54, 1.807) is 0 Å². The van der Waals surface area contributed by atoms with E-state index in [0.29, 0.717) is 18.1 Å². The van der Waals surface area contributed by atoms with Gasteiger partial charge in [0, 0.05) is 36.5 Å². The Kier molecular flexibility index (Phi) is 5.80. The third-order valence-corrected chi connectivity index (χ3v) is 5.37. The van der Waals surface area contributed by atoms with Crippen LogP contribution in [0.25, 0.3) is 5.57 Å². The molecule has 2 aromatic rings. The van der Waals surface area contributed by atoms with E-state index >= 15 is 0 Å². The first-order valence-corrected chi connectivity index (χ1v) is 9.14. The van der Waals surface area contributed by atoms with E-state index < -0.39 is 11.6 Å². The number of para-hydroxylation sites is 1. The normalized spacial score (nSPS) is 18.0. The summed E-state index contributed by atoms with van der Waals surface area (Å²) in [6.07, 6.45) is 3.76. The third kappa shape index (κ3) is 4.13. The van der Waals surface area contributed by atoms with Crippen LogP contribution < -0.4 is 4.74 Å². The quantitative estimate of drug-likeness (QED) is 0.815. The Morgan fingerprint density at radius 2 is 1.78 bits per heavy atom. The summed E-state index contributed by atoms with van der Waals surface area (Å²) in [5.41, 5.74) is 2.94. The number of carboxylic acid groups (broad SMARTS) is 1. The zero-order chi connectivity index (χ0) is 18.1. The molecule has 1 fully saturated rings. The molecule has 0 unspecified atom stereocenters. The molecule has 2 aliphatic heterocycles. The van der Waals surface area contributed by atoms with Crippen LogP contribution in [0.2, 0.25) is 5.02 Å². The molecule has 2 heterocycles. The Morgan fingerprint density at radius 3 is 2.44 bits per heavy atom. The molecule has 0 atom stereocenters. The summed E-state index contributed by atoms with van der Waals surface area (Å²) in [5, 5.41) is 9.73. The molecule has 27 heavy (non-hydrogen) atoms. The zero-order valence-electron chi connectivity index (χ0n) is 14.7. The molecule has 6 heteroatoms. The summed E-state index contributed by atoms with van der Waals surface area (Å²) in [5.74, 6) is 0.0971. The van der Waals surface area contributed by atoms with Crippen molar-refractivity contribution in [1.82, 2.24) is 4.90 Å². The van der Waals surface area contributed by atoms with Crippen molar-refractivity contribution in [1.29, 1.82) is 0 Å². The summed E-state index contributed by atoms with van der Waals surface area (Å²) >= 11 is 6.05. The Morgan fingerprint density at radius 1 is 1.11 bits per heavy atom. The van der Waals surface area contributed by atoms with Gasteiger partial charge in [0.05, 0.1) is 6.54 Å². The van der Waals surface area contributed by atoms with Crippen LogP contribution in [0.4, 0.5) is 0 Å². The Balaban J connectivity index is 0.00000210. The van der Waals surface area contributed by atoms with Crippen molar-refractivity contribution < 1.29 is 14.6 Å². The Labute approximate surface area is 169 Å². The van der Waals surface area contributed by atoms with E-state index in [1.165, 1.54) is 0 Å². The van der Waals surface area contributed by atoms with Gasteiger partial charge < -0.3 is 9.84 Å². The number of likely N-dealkylation sites (tertiary alicyclic amines) is 1. The molecule has 1 saturated heterocycles. The summed E-state index contributed by atoms with van der Waals surface area (Å²) < 4.78 is 6.41. The van der Waals surface area contributed by atoms with Crippen LogP contribution >= 0.6 is 24.0 Å². The standard InChI is InChI=1S/C21H20ClNO3.ClH/c22-16-7-5-15(6-8-16)18-13-21(26-19-4-2-1-3-17(18)19)9-11-23(12-10-21)14-20(24)25;/h1-8,13H,9-12,14H2,(H,24,25);1H. The number of nitrogens with zero attached hydrogens (tertiary/aromatic N) is 1. The van der Waals surface area contributed by atoms with E-state index in [-0.39, 0.29) is 19.0 Å². The second-order valence-electron chi connectivity index (χ2n) is 6.90. The van der Waals surface area contributed by atoms with Crippen molar-refractivity contribution in [3.8, 4) is 5.75 Å². The van der Waals surface area contributed by atoms with E-state index in [0.717, 1.165) is 35.3 Å². The number of aliphatic carboxylic acids is 1. The molecule has 4 nitrogen and oxygen atoms in total. The summed E-state index contributed by atoms with van der Waals surface area (Å²) in [4.78, 5) is 12.9. The first-order chi connectivity index (χ1) is 12.5. The highest BCUT2D eigenvalue weighted by Gasteiger charge is 2.39. The van der Waals surface area contributed by atoms with Crippen LogP contribution in [0, 0.1) is 0 Å². The number of carboxylic acids is 1. The van der Waals surface area contributed by atoms with Crippen molar-refractivity contribution in [3.05, 3.63) is 70.8 Å². The first-order valence-electron chi connectivity index (χ1n) is 8.76. The number of hydrogen-bond donors (Lipinski definition) is 1. The van der Waals surface area contributed by atoms with Gasteiger partial charge in [-0.05, 0) is 35.4 Å². The SMILES string of the molecule is Cl.O=C(O)CN1CCC2(C=C(c3ccc(Cl)cc3)c3ccccc3O2)CC1. The van der Waals surface area contributed by atoms with E-state index in [2.05, 4.69) is 12.1 Å². The van der Waals surface area contributed by atoms with Crippen LogP contribution in [0.15, 0.2) is 54.6 Å². The van der Waals surface area contributed by atoms with Gasteiger partial charge in [0.2, 0.25) is 0 Å². The third-order valence-electron chi connectivity index (χ3n) is 5.11. The van der Waals surface area contributed by atoms with Crippen LogP contribution in [0.3, 0.4) is 0 Å². The molecule has 0 radical (unpaired) electrons. The van der Waals surface area contributed by atoms with Gasteiger partial charge in [0.1, 0.15) is 11.4 Å². The number of rotatable bonds is 3. The van der Waals surface area contributed by atoms with Gasteiger partial charge in [-0.3, -0.25) is 9.69 Å². The van der Waals surface area contributed by atoms with Crippen molar-refractivity contribution in [2.75, 3.05) is 19.6 Å². The number of fused-ring (bicyclic) bond motifs is 1. The van der Waals surface area contributed by atoms with E-state index in [9.17, 15) is 4.79 Å². The highest BCUT2D eigenvalue weighted by atomic mass is 35.5. The average molecular weight is 406 g/mol. The van der Waals surface area contributed by atoms with Gasteiger partial charge in [-0.2, -0.15) is 0 Å². The molecular formula is C21H21Cl2NO3. The van der Waals surface area contributed by atoms with Gasteiger partial charge in [-0.25, -0.2) is 0 Å². The predicted octanol–water partition coefficient (Wildman–Crippen LogP) is 4.51. The topological polar surface area (TPSA) is 49.8 Å². The highest BCUT2D eigenvalue weighted by molar-refractivity contribution is 6.30. The lowest BCUT2D eigenvalue weighted by atomic mass is 9.83. The molecule has 0 bridgehead atoms. The molecule has 2 aromatic carbocycles. The van der Waals surface area contributed by atoms with E-state index in [1.807, 2.05) is 47.4 Å². The minimum Gasteiger partial charge on any atom is -0.482 e. The number of benzene rings is 2. The Bertz CT molecular complexity index is 856. The van der Waals surface area contributed by atoms with Crippen LogP contribution in [-0.4, -0.2) is 41.2 Å². The highest BCUT2D eigenvalue weighted by Crippen LogP contribution is 2.43. The van der Waals surface area contributed by atoms with Crippen LogP contribution in [-0.2, 0) is 4.79 Å². The molecule has 4 rings (SSSR count). The summed E-state index contributed by atoms with van der Waals surface area (Å²) in [6, 6.07) is 15.9. The molecule has 142 valence electrons. The molecule has 1 N–H and O–H groups in total. The zero-order valence-corrected chi connectivity index (χ0v) is 16.3. The number of piperidine rings is 1. The maximum atomic E-state index is 11.0. The molecule has 0 aromatic heterocycles. The lowest BCUT2D eigenvalue weighted by Gasteiger charge is -2.42. The first kappa shape index (κ1) is 19.7. The van der Waals surface area contributed by atoms with Crippen molar-refractivity contribution >= 4 is 35.6 Å². The Hall–Kier alpha value is -2.01. The average Bonchev–Trinajstić information content (AvgIpc) is 2.64. The van der Waals surface area contributed by atoms with Gasteiger partial charge in [0.25, 0.3) is 0 Å². The van der Waals surface area contributed by atoms with Crippen LogP contribution in [0.5, 0.6) is 5.75 Å². The number of ether oxygens (including phenoxy) is 1. The number of carbonyl (C=O) groups is 1. The van der Waals surface area contributed by atoms with Crippen molar-refractivity contribution in [2.45, 2.75) is 18.4 Å². The lowest BCUT2D eigenvalue weighted by molar-refractivity contribution is -0.139. The smallest absolute Gasteiger partial charge is 0.317 e. The van der Waals surface area contributed by atoms with Crippen molar-refractivity contribution in [3.63, 3.8) is 0 Å². The van der Waals surface area contributed by atoms with Crippen molar-refractivity contribution in [2.24, 2.45) is 0 Å². The van der Waals surface area contributed by atoms with Gasteiger partial charge in [-0.1, -0.05) is 41.9 Å². The monoisotopic (exact) mass is 405 g/mol. The maximum Gasteiger partial charge on any atom is 0.317 e. The number of hydrogen-bond acceptors (Lipinski definition) is 3. The fourth-order valence-electron chi connectivity index (χ4n) is 3.76. The van der Waals surface area contributed by atoms with E-state index in [4.69, 9.17) is 21.4 Å². The molecule has 0 saturated carbocycles.